The Balaban J connectivity index is 3.36. The van der Waals surface area contributed by atoms with E-state index in [4.69, 9.17) is 0 Å². The Labute approximate surface area is 41.2 Å². The van der Waals surface area contributed by atoms with Gasteiger partial charge in [-0.2, -0.15) is 4.94 Å². The van der Waals surface area contributed by atoms with E-state index in [2.05, 4.69) is 4.94 Å². The number of alkyl halides is 1. The summed E-state index contributed by atoms with van der Waals surface area (Å²) in [6.45, 7) is 1.85. The summed E-state index contributed by atoms with van der Waals surface area (Å²) in [4.78, 5) is 3.21. The molecular weight excluding hydrogens is 102 g/mol. The summed E-state index contributed by atoms with van der Waals surface area (Å²) in [6, 6.07) is 0. The molecule has 0 bridgehead atoms. The molecule has 0 spiro atoms. The van der Waals surface area contributed by atoms with Crippen molar-refractivity contribution in [2.45, 2.75) is 19.4 Å². The van der Waals surface area contributed by atoms with Crippen LogP contribution in [-0.2, 0) is 4.94 Å². The quantitative estimate of drug-likeness (QED) is 0.525. The first kappa shape index (κ1) is 6.82. The summed E-state index contributed by atoms with van der Waals surface area (Å²) in [6.07, 6.45) is 0. The van der Waals surface area contributed by atoms with Crippen molar-refractivity contribution in [3.8, 4) is 0 Å². The van der Waals surface area contributed by atoms with Gasteiger partial charge in [0.2, 0.25) is 0 Å². The minimum absolute atomic E-state index is 0.802. The zero-order valence-corrected chi connectivity index (χ0v) is 4.37. The van der Waals surface area contributed by atoms with Gasteiger partial charge in [-0.05, 0) is 18.4 Å². The summed E-state index contributed by atoms with van der Waals surface area (Å²) < 4.78 is 22.4. The fraction of sp³-hybridized carbons (Fsp3) is 1.00. The lowest BCUT2D eigenvalue weighted by molar-refractivity contribution is -0.226. The van der Waals surface area contributed by atoms with Gasteiger partial charge < -0.3 is 0 Å². The van der Waals surface area contributed by atoms with Crippen molar-refractivity contribution in [2.75, 3.05) is 6.67 Å². The molecule has 0 amide bonds. The molecule has 0 aromatic heterocycles. The molecule has 0 fully saturated rings. The maximum absolute atomic E-state index is 11.4. The van der Waals surface area contributed by atoms with Gasteiger partial charge in [0.1, 0.15) is 12.3 Å². The fourth-order valence-corrected chi connectivity index (χ4v) is 0.0206. The summed E-state index contributed by atoms with van der Waals surface area (Å²) in [5.41, 5.74) is -1.25. The second-order valence-electron chi connectivity index (χ2n) is 1.97. The lowest BCUT2D eigenvalue weighted by Crippen LogP contribution is -2.22. The molecule has 1 nitrogen and oxygen atoms in total. The topological polar surface area (TPSA) is 9.23 Å². The fourth-order valence-electron chi connectivity index (χ4n) is 0.0206. The summed E-state index contributed by atoms with van der Waals surface area (Å²) >= 11 is 0. The Bertz CT molecular complexity index is 47.7. The minimum Gasteiger partial charge on any atom is -0.248 e. The van der Waals surface area contributed by atoms with Crippen LogP contribution in [0.1, 0.15) is 13.8 Å². The van der Waals surface area contributed by atoms with Crippen LogP contribution in [0.25, 0.3) is 0 Å². The SMILES string of the molecule is CC(C)(CF)OF. The van der Waals surface area contributed by atoms with E-state index in [0.717, 1.165) is 0 Å². The van der Waals surface area contributed by atoms with Crippen molar-refractivity contribution in [1.82, 2.24) is 0 Å². The number of rotatable bonds is 2. The van der Waals surface area contributed by atoms with E-state index in [-0.39, 0.29) is 0 Å². The smallest absolute Gasteiger partial charge is 0.131 e. The van der Waals surface area contributed by atoms with E-state index in [9.17, 15) is 8.92 Å². The average Bonchev–Trinajstić information content (AvgIpc) is 1.68. The van der Waals surface area contributed by atoms with Crippen LogP contribution in [0.2, 0.25) is 0 Å². The van der Waals surface area contributed by atoms with Gasteiger partial charge in [0.05, 0.1) is 0 Å². The van der Waals surface area contributed by atoms with Crippen LogP contribution < -0.4 is 0 Å². The molecule has 0 saturated carbocycles. The van der Waals surface area contributed by atoms with E-state index >= 15 is 0 Å². The summed E-state index contributed by atoms with van der Waals surface area (Å²) in [7, 11) is 0. The van der Waals surface area contributed by atoms with E-state index in [1.54, 1.807) is 0 Å². The Morgan fingerprint density at radius 3 is 2.00 bits per heavy atom. The maximum atomic E-state index is 11.4. The molecule has 3 heteroatoms. The van der Waals surface area contributed by atoms with Gasteiger partial charge in [-0.15, -0.1) is 0 Å². The van der Waals surface area contributed by atoms with Gasteiger partial charge in [0.25, 0.3) is 0 Å². The van der Waals surface area contributed by atoms with Crippen molar-refractivity contribution in [3.63, 3.8) is 0 Å². The first-order valence-corrected chi connectivity index (χ1v) is 1.98. The van der Waals surface area contributed by atoms with Crippen LogP contribution in [0.4, 0.5) is 8.92 Å². The molecule has 0 aromatic rings. The zero-order chi connectivity index (χ0) is 5.91. The highest BCUT2D eigenvalue weighted by molar-refractivity contribution is 4.62. The Morgan fingerprint density at radius 2 is 2.00 bits per heavy atom. The Kier molecular flexibility index (Phi) is 2.15. The van der Waals surface area contributed by atoms with Crippen LogP contribution in [0.3, 0.4) is 0 Å². The predicted molar refractivity (Wildman–Crippen MR) is 22.2 cm³/mol. The molecule has 0 aromatic carbocycles. The first-order chi connectivity index (χ1) is 3.12. The number of hydrogen-bond acceptors (Lipinski definition) is 1. The van der Waals surface area contributed by atoms with Crippen molar-refractivity contribution < 1.29 is 13.9 Å². The molecule has 0 aliphatic rings. The zero-order valence-electron chi connectivity index (χ0n) is 4.37. The largest absolute Gasteiger partial charge is 0.248 e. The second kappa shape index (κ2) is 2.21. The highest BCUT2D eigenvalue weighted by Gasteiger charge is 2.18. The summed E-state index contributed by atoms with van der Waals surface area (Å²) in [5, 5.41) is 0. The normalized spacial score (nSPS) is 12.0. The predicted octanol–water partition coefficient (Wildman–Crippen LogP) is 1.64. The van der Waals surface area contributed by atoms with Crippen molar-refractivity contribution >= 4 is 0 Å². The van der Waals surface area contributed by atoms with Crippen molar-refractivity contribution in [1.29, 1.82) is 0 Å². The standard InChI is InChI=1S/C4H8F2O/c1-4(2,3-5)7-6/h3H2,1-2H3. The van der Waals surface area contributed by atoms with E-state index in [1.807, 2.05) is 0 Å². The molecule has 0 radical (unpaired) electrons. The van der Waals surface area contributed by atoms with Crippen LogP contribution in [0.15, 0.2) is 0 Å². The Morgan fingerprint density at radius 1 is 1.57 bits per heavy atom. The molecule has 0 aliphatic carbocycles. The molecule has 0 heterocycles. The van der Waals surface area contributed by atoms with Crippen LogP contribution in [0.5, 0.6) is 0 Å². The van der Waals surface area contributed by atoms with Gasteiger partial charge >= 0.3 is 0 Å². The van der Waals surface area contributed by atoms with Crippen LogP contribution >= 0.6 is 0 Å². The lowest BCUT2D eigenvalue weighted by Gasteiger charge is -2.11. The highest BCUT2D eigenvalue weighted by atomic mass is 19.3. The number of halogens is 2. The van der Waals surface area contributed by atoms with Gasteiger partial charge in [0, 0.05) is 0 Å². The lowest BCUT2D eigenvalue weighted by atomic mass is 10.2. The van der Waals surface area contributed by atoms with Gasteiger partial charge in [-0.1, -0.05) is 0 Å². The highest BCUT2D eigenvalue weighted by Crippen LogP contribution is 2.08. The molecule has 0 N–H and O–H groups in total. The minimum atomic E-state index is -1.25. The van der Waals surface area contributed by atoms with Gasteiger partial charge in [0.15, 0.2) is 0 Å². The van der Waals surface area contributed by atoms with Crippen molar-refractivity contribution in [2.24, 2.45) is 0 Å². The third-order valence-corrected chi connectivity index (χ3v) is 0.531. The van der Waals surface area contributed by atoms with E-state index < -0.39 is 12.3 Å². The third kappa shape index (κ3) is 2.51. The van der Waals surface area contributed by atoms with Gasteiger partial charge in [-0.3, -0.25) is 0 Å². The monoisotopic (exact) mass is 110 g/mol. The molecule has 0 aliphatic heterocycles. The molecule has 0 rings (SSSR count). The number of hydrogen-bond donors (Lipinski definition) is 0. The van der Waals surface area contributed by atoms with Gasteiger partial charge in [-0.25, -0.2) is 4.39 Å². The Hall–Kier alpha value is -0.180. The van der Waals surface area contributed by atoms with Crippen molar-refractivity contribution in [3.05, 3.63) is 0 Å². The first-order valence-electron chi connectivity index (χ1n) is 1.98. The summed E-state index contributed by atoms with van der Waals surface area (Å²) in [5.74, 6) is 0. The van der Waals surface area contributed by atoms with Crippen LogP contribution in [-0.4, -0.2) is 12.3 Å². The van der Waals surface area contributed by atoms with E-state index in [1.165, 1.54) is 13.8 Å². The molecule has 0 atom stereocenters. The molecule has 7 heavy (non-hydrogen) atoms. The molecular formula is C4H8F2O. The maximum Gasteiger partial charge on any atom is 0.131 e. The average molecular weight is 110 g/mol. The molecule has 44 valence electrons. The molecule has 0 unspecified atom stereocenters. The van der Waals surface area contributed by atoms with E-state index in [0.29, 0.717) is 0 Å². The molecule has 0 saturated heterocycles. The third-order valence-electron chi connectivity index (χ3n) is 0.531. The second-order valence-corrected chi connectivity index (χ2v) is 1.97. The van der Waals surface area contributed by atoms with Crippen LogP contribution in [0, 0.1) is 0 Å².